The minimum absolute atomic E-state index is 0.311. The molecule has 0 radical (unpaired) electrons. The van der Waals surface area contributed by atoms with E-state index in [1.165, 1.54) is 9.75 Å². The van der Waals surface area contributed by atoms with E-state index in [2.05, 4.69) is 30.9 Å². The van der Waals surface area contributed by atoms with Gasteiger partial charge in [-0.05, 0) is 50.8 Å². The van der Waals surface area contributed by atoms with Gasteiger partial charge in [-0.15, -0.1) is 11.3 Å². The van der Waals surface area contributed by atoms with Crippen molar-refractivity contribution in [1.29, 1.82) is 0 Å². The molecule has 1 aliphatic heterocycles. The zero-order valence-electron chi connectivity index (χ0n) is 11.8. The summed E-state index contributed by atoms with van der Waals surface area (Å²) in [5.41, 5.74) is 0. The number of carboxylic acids is 1. The van der Waals surface area contributed by atoms with E-state index in [-0.39, 0.29) is 0 Å². The molecule has 1 fully saturated rings. The molecule has 1 saturated heterocycles. The fourth-order valence-electron chi connectivity index (χ4n) is 2.77. The maximum atomic E-state index is 10.6. The van der Waals surface area contributed by atoms with Gasteiger partial charge in [0.1, 0.15) is 0 Å². The van der Waals surface area contributed by atoms with E-state index in [0.717, 1.165) is 32.4 Å². The van der Waals surface area contributed by atoms with E-state index in [4.69, 9.17) is 5.11 Å². The highest BCUT2D eigenvalue weighted by Gasteiger charge is 2.27. The molecule has 2 heterocycles. The molecule has 2 atom stereocenters. The van der Waals surface area contributed by atoms with Crippen molar-refractivity contribution < 1.29 is 9.90 Å². The Morgan fingerprint density at radius 1 is 1.58 bits per heavy atom. The molecular formula is C15H23NO2S. The Morgan fingerprint density at radius 3 is 3.00 bits per heavy atom. The summed E-state index contributed by atoms with van der Waals surface area (Å²) in [4.78, 5) is 16.0. The molecule has 0 saturated carbocycles. The molecule has 1 N–H and O–H groups in total. The fraction of sp³-hybridized carbons (Fsp3) is 0.667. The molecule has 19 heavy (non-hydrogen) atoms. The van der Waals surface area contributed by atoms with E-state index >= 15 is 0 Å². The van der Waals surface area contributed by atoms with Crippen LogP contribution in [0.4, 0.5) is 0 Å². The molecule has 0 spiro atoms. The van der Waals surface area contributed by atoms with Crippen LogP contribution in [0.15, 0.2) is 12.1 Å². The molecule has 0 bridgehead atoms. The molecule has 0 aromatic carbocycles. The number of rotatable bonds is 6. The molecule has 4 heteroatoms. The first-order valence-corrected chi connectivity index (χ1v) is 7.96. The topological polar surface area (TPSA) is 40.5 Å². The number of likely N-dealkylation sites (tertiary alicyclic amines) is 1. The number of hydrogen-bond donors (Lipinski definition) is 1. The summed E-state index contributed by atoms with van der Waals surface area (Å²) in [6.45, 7) is 6.61. The van der Waals surface area contributed by atoms with Crippen LogP contribution in [0.5, 0.6) is 0 Å². The van der Waals surface area contributed by atoms with Crippen molar-refractivity contribution >= 4 is 17.3 Å². The summed E-state index contributed by atoms with van der Waals surface area (Å²) in [5, 5.41) is 8.74. The largest absolute Gasteiger partial charge is 0.481 e. The van der Waals surface area contributed by atoms with Gasteiger partial charge < -0.3 is 5.11 Å². The predicted octanol–water partition coefficient (Wildman–Crippen LogP) is 3.56. The van der Waals surface area contributed by atoms with Crippen LogP contribution < -0.4 is 0 Å². The van der Waals surface area contributed by atoms with Gasteiger partial charge in [0.15, 0.2) is 0 Å². The molecule has 106 valence electrons. The normalized spacial score (nSPS) is 21.7. The van der Waals surface area contributed by atoms with Crippen LogP contribution in [0, 0.1) is 5.92 Å². The molecule has 0 aliphatic carbocycles. The van der Waals surface area contributed by atoms with E-state index in [1.54, 1.807) is 0 Å². The maximum Gasteiger partial charge on any atom is 0.303 e. The Balaban J connectivity index is 1.87. The third kappa shape index (κ3) is 3.80. The van der Waals surface area contributed by atoms with Crippen LogP contribution in [-0.2, 0) is 11.2 Å². The predicted molar refractivity (Wildman–Crippen MR) is 78.7 cm³/mol. The van der Waals surface area contributed by atoms with Gasteiger partial charge in [0, 0.05) is 28.8 Å². The SMILES string of the molecule is CCc1ccc(C(C)N2CCC(CCC(=O)O)C2)s1. The fourth-order valence-corrected chi connectivity index (χ4v) is 3.81. The van der Waals surface area contributed by atoms with Crippen molar-refractivity contribution in [2.24, 2.45) is 5.92 Å². The van der Waals surface area contributed by atoms with Gasteiger partial charge in [-0.1, -0.05) is 6.92 Å². The number of aliphatic carboxylic acids is 1. The molecule has 0 amide bonds. The van der Waals surface area contributed by atoms with Crippen molar-refractivity contribution in [2.75, 3.05) is 13.1 Å². The Bertz CT molecular complexity index is 430. The summed E-state index contributed by atoms with van der Waals surface area (Å²) in [7, 11) is 0. The highest BCUT2D eigenvalue weighted by molar-refractivity contribution is 7.12. The van der Waals surface area contributed by atoms with E-state index < -0.39 is 5.97 Å². The van der Waals surface area contributed by atoms with Crippen molar-refractivity contribution in [3.8, 4) is 0 Å². The highest BCUT2D eigenvalue weighted by atomic mass is 32.1. The lowest BCUT2D eigenvalue weighted by molar-refractivity contribution is -0.137. The van der Waals surface area contributed by atoms with Crippen LogP contribution in [0.1, 0.15) is 48.9 Å². The molecule has 3 nitrogen and oxygen atoms in total. The van der Waals surface area contributed by atoms with Crippen LogP contribution >= 0.6 is 11.3 Å². The summed E-state index contributed by atoms with van der Waals surface area (Å²) in [6.07, 6.45) is 3.39. The first-order chi connectivity index (χ1) is 9.10. The maximum absolute atomic E-state index is 10.6. The van der Waals surface area contributed by atoms with Crippen LogP contribution in [0.3, 0.4) is 0 Å². The summed E-state index contributed by atoms with van der Waals surface area (Å²) in [6, 6.07) is 4.95. The van der Waals surface area contributed by atoms with Gasteiger partial charge in [0.2, 0.25) is 0 Å². The standard InChI is InChI=1S/C15H23NO2S/c1-3-13-5-6-14(19-13)11(2)16-9-8-12(10-16)4-7-15(17)18/h5-6,11-12H,3-4,7-10H2,1-2H3,(H,17,18). The smallest absolute Gasteiger partial charge is 0.303 e. The zero-order chi connectivity index (χ0) is 13.8. The summed E-state index contributed by atoms with van der Waals surface area (Å²) < 4.78 is 0. The average Bonchev–Trinajstić information content (AvgIpc) is 3.04. The molecule has 1 aliphatic rings. The second-order valence-corrected chi connectivity index (χ2v) is 6.62. The molecule has 2 unspecified atom stereocenters. The second kappa shape index (κ2) is 6.53. The second-order valence-electron chi connectivity index (χ2n) is 5.42. The van der Waals surface area contributed by atoms with Crippen molar-refractivity contribution in [2.45, 2.75) is 45.6 Å². The van der Waals surface area contributed by atoms with Crippen LogP contribution in [-0.4, -0.2) is 29.1 Å². The lowest BCUT2D eigenvalue weighted by Crippen LogP contribution is -2.24. The van der Waals surface area contributed by atoms with Gasteiger partial charge >= 0.3 is 5.97 Å². The van der Waals surface area contributed by atoms with E-state index in [0.29, 0.717) is 18.4 Å². The lowest BCUT2D eigenvalue weighted by Gasteiger charge is -2.23. The number of thiophene rings is 1. The minimum atomic E-state index is -0.669. The van der Waals surface area contributed by atoms with Crippen LogP contribution in [0.25, 0.3) is 0 Å². The number of hydrogen-bond acceptors (Lipinski definition) is 3. The Hall–Kier alpha value is -0.870. The van der Waals surface area contributed by atoms with E-state index in [1.807, 2.05) is 11.3 Å². The van der Waals surface area contributed by atoms with Gasteiger partial charge in [-0.3, -0.25) is 9.69 Å². The summed E-state index contributed by atoms with van der Waals surface area (Å²) in [5.74, 6) is -0.110. The molecule has 1 aromatic heterocycles. The van der Waals surface area contributed by atoms with Gasteiger partial charge in [0.05, 0.1) is 0 Å². The van der Waals surface area contributed by atoms with Crippen molar-refractivity contribution in [3.05, 3.63) is 21.9 Å². The molecule has 2 rings (SSSR count). The first kappa shape index (κ1) is 14.5. The lowest BCUT2D eigenvalue weighted by atomic mass is 10.0. The average molecular weight is 281 g/mol. The molecule has 1 aromatic rings. The Kier molecular flexibility index (Phi) is 4.99. The Labute approximate surface area is 119 Å². The van der Waals surface area contributed by atoms with Crippen molar-refractivity contribution in [1.82, 2.24) is 4.90 Å². The quantitative estimate of drug-likeness (QED) is 0.866. The highest BCUT2D eigenvalue weighted by Crippen LogP contribution is 2.32. The number of aryl methyl sites for hydroxylation is 1. The third-order valence-corrected chi connectivity index (χ3v) is 5.47. The van der Waals surface area contributed by atoms with Gasteiger partial charge in [0.25, 0.3) is 0 Å². The number of nitrogens with zero attached hydrogens (tertiary/aromatic N) is 1. The first-order valence-electron chi connectivity index (χ1n) is 7.14. The number of carbonyl (C=O) groups is 1. The van der Waals surface area contributed by atoms with Crippen molar-refractivity contribution in [3.63, 3.8) is 0 Å². The minimum Gasteiger partial charge on any atom is -0.481 e. The summed E-state index contributed by atoms with van der Waals surface area (Å²) >= 11 is 1.91. The Morgan fingerprint density at radius 2 is 2.37 bits per heavy atom. The zero-order valence-corrected chi connectivity index (χ0v) is 12.6. The van der Waals surface area contributed by atoms with Gasteiger partial charge in [-0.25, -0.2) is 0 Å². The van der Waals surface area contributed by atoms with E-state index in [9.17, 15) is 4.79 Å². The monoisotopic (exact) mass is 281 g/mol. The molecular weight excluding hydrogens is 258 g/mol. The third-order valence-electron chi connectivity index (χ3n) is 4.07. The number of carboxylic acid groups (broad SMARTS) is 1. The van der Waals surface area contributed by atoms with Crippen LogP contribution in [0.2, 0.25) is 0 Å². The van der Waals surface area contributed by atoms with Gasteiger partial charge in [-0.2, -0.15) is 0 Å².